The van der Waals surface area contributed by atoms with Gasteiger partial charge in [-0.2, -0.15) is 0 Å². The van der Waals surface area contributed by atoms with E-state index >= 15 is 0 Å². The van der Waals surface area contributed by atoms with Gasteiger partial charge in [0.15, 0.2) is 0 Å². The van der Waals surface area contributed by atoms with Crippen molar-refractivity contribution < 1.29 is 8.95 Å². The molecule has 3 aromatic rings. The number of thiazole rings is 1. The number of ether oxygens (including phenoxy) is 1. The summed E-state index contributed by atoms with van der Waals surface area (Å²) in [4.78, 5) is 14.4. The number of piperidine rings is 1. The second-order valence-corrected chi connectivity index (χ2v) is 11.9. The van der Waals surface area contributed by atoms with Gasteiger partial charge in [0.05, 0.1) is 21.4 Å². The number of hydrogen-bond donors (Lipinski definition) is 3. The van der Waals surface area contributed by atoms with E-state index in [0.29, 0.717) is 46.7 Å². The minimum Gasteiger partial charge on any atom is -0.436 e. The van der Waals surface area contributed by atoms with Gasteiger partial charge in [0.25, 0.3) is 0 Å². The van der Waals surface area contributed by atoms with E-state index in [1.165, 1.54) is 11.3 Å². The van der Waals surface area contributed by atoms with Crippen LogP contribution in [-0.2, 0) is 11.0 Å². The van der Waals surface area contributed by atoms with Crippen molar-refractivity contribution in [2.75, 3.05) is 28.9 Å². The minimum atomic E-state index is -1.20. The average Bonchev–Trinajstić information content (AvgIpc) is 3.58. The Balaban J connectivity index is 1.34. The van der Waals surface area contributed by atoms with Gasteiger partial charge in [-0.05, 0) is 63.3 Å². The molecule has 2 aromatic heterocycles. The maximum atomic E-state index is 12.3. The van der Waals surface area contributed by atoms with Gasteiger partial charge >= 0.3 is 0 Å². The quantitative estimate of drug-likeness (QED) is 0.315. The largest absolute Gasteiger partial charge is 0.436 e. The fourth-order valence-electron chi connectivity index (χ4n) is 3.81. The van der Waals surface area contributed by atoms with Gasteiger partial charge in [-0.3, -0.25) is 0 Å². The Morgan fingerprint density at radius 3 is 2.83 bits per heavy atom. The second kappa shape index (κ2) is 11.0. The molecule has 3 heterocycles. The van der Waals surface area contributed by atoms with Crippen molar-refractivity contribution in [3.63, 3.8) is 0 Å². The van der Waals surface area contributed by atoms with E-state index in [0.717, 1.165) is 48.7 Å². The van der Waals surface area contributed by atoms with Gasteiger partial charge < -0.3 is 20.1 Å². The molecule has 3 N–H and O–H groups in total. The summed E-state index contributed by atoms with van der Waals surface area (Å²) in [5.41, 5.74) is 1.23. The number of halogens is 2. The molecular formula is C23H26Cl2N6O2S2. The van der Waals surface area contributed by atoms with Crippen molar-refractivity contribution in [2.45, 2.75) is 38.6 Å². The van der Waals surface area contributed by atoms with Crippen molar-refractivity contribution in [3.05, 3.63) is 39.4 Å². The van der Waals surface area contributed by atoms with E-state index in [-0.39, 0.29) is 10.0 Å². The van der Waals surface area contributed by atoms with Gasteiger partial charge in [0, 0.05) is 24.5 Å². The third-order valence-electron chi connectivity index (χ3n) is 5.78. The lowest BCUT2D eigenvalue weighted by Gasteiger charge is -2.23. The molecule has 2 atom stereocenters. The molecule has 0 radical (unpaired) electrons. The number of aromatic nitrogens is 3. The molecule has 0 bridgehead atoms. The SMILES string of the molecule is Cc1nc(Oc2ccc(NS(=O)CC3CC3)c(Cl)c2Cl)c(-c2ccnc(NC3CCCNC3)n2)s1. The fourth-order valence-corrected chi connectivity index (χ4v) is 6.35. The molecule has 0 spiro atoms. The summed E-state index contributed by atoms with van der Waals surface area (Å²) >= 11 is 14.5. The maximum absolute atomic E-state index is 12.3. The van der Waals surface area contributed by atoms with Crippen LogP contribution >= 0.6 is 34.5 Å². The number of hydrogen-bond acceptors (Lipinski definition) is 8. The zero-order valence-corrected chi connectivity index (χ0v) is 22.3. The van der Waals surface area contributed by atoms with E-state index < -0.39 is 11.0 Å². The highest BCUT2D eigenvalue weighted by molar-refractivity contribution is 7.86. The normalized spacial score (nSPS) is 18.8. The van der Waals surface area contributed by atoms with Crippen molar-refractivity contribution in [1.29, 1.82) is 0 Å². The van der Waals surface area contributed by atoms with E-state index in [1.807, 2.05) is 13.0 Å². The number of rotatable bonds is 9. The first-order valence-corrected chi connectivity index (χ1v) is 14.4. The topological polar surface area (TPSA) is 101 Å². The standard InChI is InChI=1S/C23H26Cl2N6O2S2/c1-13-28-22(21(34-13)17-8-10-27-23(30-17)29-15-3-2-9-26-11-15)33-18-7-6-16(19(24)20(18)25)31-35(32)12-14-4-5-14/h6-8,10,14-15,26,31H,2-5,9,11-12H2,1H3,(H,27,29,30). The lowest BCUT2D eigenvalue weighted by molar-refractivity contribution is 0.467. The molecule has 1 aromatic carbocycles. The summed E-state index contributed by atoms with van der Waals surface area (Å²) in [7, 11) is -1.20. The molecule has 186 valence electrons. The highest BCUT2D eigenvalue weighted by atomic mass is 35.5. The average molecular weight is 554 g/mol. The van der Waals surface area contributed by atoms with Gasteiger partial charge in [-0.1, -0.05) is 23.2 Å². The van der Waals surface area contributed by atoms with E-state index in [1.54, 1.807) is 18.3 Å². The fraction of sp³-hybridized carbons (Fsp3) is 0.435. The summed E-state index contributed by atoms with van der Waals surface area (Å²) in [6.45, 7) is 3.84. The summed E-state index contributed by atoms with van der Waals surface area (Å²) in [6.07, 6.45) is 6.19. The zero-order valence-electron chi connectivity index (χ0n) is 19.1. The Morgan fingerprint density at radius 1 is 1.20 bits per heavy atom. The van der Waals surface area contributed by atoms with Crippen LogP contribution in [-0.4, -0.2) is 44.0 Å². The van der Waals surface area contributed by atoms with Crippen LogP contribution in [0.25, 0.3) is 10.6 Å². The molecule has 2 fully saturated rings. The van der Waals surface area contributed by atoms with Crippen LogP contribution in [0.5, 0.6) is 11.6 Å². The molecule has 1 aliphatic heterocycles. The van der Waals surface area contributed by atoms with Gasteiger partial charge in [-0.25, -0.2) is 19.2 Å². The van der Waals surface area contributed by atoms with Crippen LogP contribution in [0.4, 0.5) is 11.6 Å². The highest BCUT2D eigenvalue weighted by Crippen LogP contribution is 2.43. The predicted octanol–water partition coefficient (Wildman–Crippen LogP) is 5.66. The smallest absolute Gasteiger partial charge is 0.240 e. The Labute approximate surface area is 220 Å². The number of aryl methyl sites for hydroxylation is 1. The first-order chi connectivity index (χ1) is 17.0. The van der Waals surface area contributed by atoms with Crippen LogP contribution in [0.1, 0.15) is 30.7 Å². The molecule has 1 saturated heterocycles. The zero-order chi connectivity index (χ0) is 24.4. The lowest BCUT2D eigenvalue weighted by atomic mass is 10.1. The van der Waals surface area contributed by atoms with Crippen molar-refractivity contribution in [2.24, 2.45) is 5.92 Å². The lowest BCUT2D eigenvalue weighted by Crippen LogP contribution is -2.38. The van der Waals surface area contributed by atoms with Crippen molar-refractivity contribution >= 4 is 57.2 Å². The molecule has 1 saturated carbocycles. The molecule has 12 heteroatoms. The summed E-state index contributed by atoms with van der Waals surface area (Å²) in [5, 5.41) is 8.11. The second-order valence-electron chi connectivity index (χ2n) is 8.72. The third-order valence-corrected chi connectivity index (χ3v) is 8.84. The van der Waals surface area contributed by atoms with E-state index in [9.17, 15) is 4.21 Å². The summed E-state index contributed by atoms with van der Waals surface area (Å²) < 4.78 is 21.4. The van der Waals surface area contributed by atoms with Gasteiger partial charge in [0.2, 0.25) is 11.8 Å². The molecule has 35 heavy (non-hydrogen) atoms. The monoisotopic (exact) mass is 552 g/mol. The number of benzene rings is 1. The van der Waals surface area contributed by atoms with Crippen molar-refractivity contribution in [1.82, 2.24) is 20.3 Å². The van der Waals surface area contributed by atoms with Crippen molar-refractivity contribution in [3.8, 4) is 22.2 Å². The Kier molecular flexibility index (Phi) is 7.74. The molecule has 2 aliphatic rings. The Hall–Kier alpha value is -1.98. The molecule has 2 unspecified atom stereocenters. The Morgan fingerprint density at radius 2 is 2.06 bits per heavy atom. The highest BCUT2D eigenvalue weighted by Gasteiger charge is 2.25. The molecule has 5 rings (SSSR count). The molecular weight excluding hydrogens is 527 g/mol. The molecule has 8 nitrogen and oxygen atoms in total. The van der Waals surface area contributed by atoms with Crippen LogP contribution in [0.3, 0.4) is 0 Å². The van der Waals surface area contributed by atoms with Gasteiger partial charge in [0.1, 0.15) is 26.6 Å². The van der Waals surface area contributed by atoms with Crippen LogP contribution in [0.2, 0.25) is 10.0 Å². The Bertz CT molecular complexity index is 1230. The third kappa shape index (κ3) is 6.24. The number of nitrogens with zero attached hydrogens (tertiary/aromatic N) is 3. The van der Waals surface area contributed by atoms with Crippen LogP contribution in [0, 0.1) is 12.8 Å². The van der Waals surface area contributed by atoms with Crippen LogP contribution in [0.15, 0.2) is 24.4 Å². The first-order valence-electron chi connectivity index (χ1n) is 11.5. The van der Waals surface area contributed by atoms with E-state index in [2.05, 4.69) is 25.3 Å². The first kappa shape index (κ1) is 24.7. The number of nitrogens with one attached hydrogen (secondary N) is 3. The number of anilines is 2. The van der Waals surface area contributed by atoms with E-state index in [4.69, 9.17) is 32.9 Å². The summed E-state index contributed by atoms with van der Waals surface area (Å²) in [6, 6.07) is 5.55. The minimum absolute atomic E-state index is 0.228. The van der Waals surface area contributed by atoms with Gasteiger partial charge in [-0.15, -0.1) is 11.3 Å². The predicted molar refractivity (Wildman–Crippen MR) is 143 cm³/mol. The molecule has 1 aliphatic carbocycles. The maximum Gasteiger partial charge on any atom is 0.240 e. The summed E-state index contributed by atoms with van der Waals surface area (Å²) in [5.74, 6) is 2.47. The molecule has 0 amide bonds. The van der Waals surface area contributed by atoms with Crippen LogP contribution < -0.4 is 20.1 Å².